The number of hydrogen-bond acceptors (Lipinski definition) is 3. The van der Waals surface area contributed by atoms with Crippen LogP contribution in [0.1, 0.15) is 32.0 Å². The second-order valence-corrected chi connectivity index (χ2v) is 5.39. The zero-order chi connectivity index (χ0) is 16.6. The summed E-state index contributed by atoms with van der Waals surface area (Å²) in [4.78, 5) is 23.2. The number of aromatic carboxylic acids is 1. The van der Waals surface area contributed by atoms with E-state index in [0.29, 0.717) is 11.3 Å². The quantitative estimate of drug-likeness (QED) is 0.766. The van der Waals surface area contributed by atoms with Gasteiger partial charge in [-0.2, -0.15) is 0 Å². The molecule has 116 valence electrons. The topological polar surface area (TPSA) is 79.5 Å². The number of aryl methyl sites for hydroxylation is 2. The van der Waals surface area contributed by atoms with E-state index >= 15 is 0 Å². The molecule has 0 bridgehead atoms. The Bertz CT molecular complexity index is 907. The monoisotopic (exact) mass is 309 g/mol. The normalized spacial score (nSPS) is 10.7. The van der Waals surface area contributed by atoms with Crippen molar-refractivity contribution in [3.8, 4) is 0 Å². The fraction of sp³-hybridized carbons (Fsp3) is 0.111. The Morgan fingerprint density at radius 3 is 2.39 bits per heavy atom. The molecule has 0 aliphatic carbocycles. The molecule has 0 aliphatic heterocycles. The summed E-state index contributed by atoms with van der Waals surface area (Å²) in [6, 6.07) is 11.7. The Balaban J connectivity index is 1.88. The van der Waals surface area contributed by atoms with Crippen molar-refractivity contribution in [2.45, 2.75) is 13.8 Å². The molecular weight excluding hydrogens is 294 g/mol. The predicted octanol–water partition coefficient (Wildman–Crippen LogP) is 4.00. The molecule has 0 saturated heterocycles. The summed E-state index contributed by atoms with van der Waals surface area (Å²) in [5, 5.41) is 12.5. The van der Waals surface area contributed by atoms with E-state index in [9.17, 15) is 9.59 Å². The van der Waals surface area contributed by atoms with Crippen LogP contribution in [-0.4, -0.2) is 17.0 Å². The van der Waals surface area contributed by atoms with Crippen LogP contribution < -0.4 is 5.32 Å². The van der Waals surface area contributed by atoms with E-state index in [2.05, 4.69) is 5.32 Å². The van der Waals surface area contributed by atoms with Gasteiger partial charge in [0.2, 0.25) is 0 Å². The third-order valence-electron chi connectivity index (χ3n) is 3.69. The highest BCUT2D eigenvalue weighted by atomic mass is 16.4. The molecule has 1 aromatic heterocycles. The van der Waals surface area contributed by atoms with Crippen LogP contribution in [0.5, 0.6) is 0 Å². The molecule has 0 atom stereocenters. The maximum absolute atomic E-state index is 12.4. The summed E-state index contributed by atoms with van der Waals surface area (Å²) in [7, 11) is 0. The lowest BCUT2D eigenvalue weighted by Gasteiger charge is -2.04. The fourth-order valence-corrected chi connectivity index (χ4v) is 2.44. The van der Waals surface area contributed by atoms with Gasteiger partial charge in [0.05, 0.1) is 5.56 Å². The highest BCUT2D eigenvalue weighted by Gasteiger charge is 2.18. The number of rotatable bonds is 3. The molecule has 2 N–H and O–H groups in total. The Morgan fingerprint density at radius 2 is 1.74 bits per heavy atom. The van der Waals surface area contributed by atoms with Gasteiger partial charge in [-0.25, -0.2) is 4.79 Å². The van der Waals surface area contributed by atoms with Crippen LogP contribution in [0.2, 0.25) is 0 Å². The minimum absolute atomic E-state index is 0.165. The Kier molecular flexibility index (Phi) is 3.62. The number of carboxylic acid groups (broad SMARTS) is 1. The average Bonchev–Trinajstić information content (AvgIpc) is 2.85. The number of anilines is 1. The maximum Gasteiger partial charge on any atom is 0.335 e. The first-order chi connectivity index (χ1) is 11.0. The second kappa shape index (κ2) is 5.61. The highest BCUT2D eigenvalue weighted by molar-refractivity contribution is 6.06. The van der Waals surface area contributed by atoms with Gasteiger partial charge >= 0.3 is 5.97 Å². The SMILES string of the molecule is Cc1ccc2oc(C(=O)Nc3ccc(C(=O)O)cc3)c(C)c2c1. The number of benzene rings is 2. The largest absolute Gasteiger partial charge is 0.478 e. The first-order valence-corrected chi connectivity index (χ1v) is 7.10. The van der Waals surface area contributed by atoms with Gasteiger partial charge < -0.3 is 14.8 Å². The van der Waals surface area contributed by atoms with E-state index in [-0.39, 0.29) is 17.2 Å². The van der Waals surface area contributed by atoms with Gasteiger partial charge in [-0.15, -0.1) is 0 Å². The zero-order valence-electron chi connectivity index (χ0n) is 12.7. The van der Waals surface area contributed by atoms with E-state index in [4.69, 9.17) is 9.52 Å². The van der Waals surface area contributed by atoms with Crippen LogP contribution >= 0.6 is 0 Å². The second-order valence-electron chi connectivity index (χ2n) is 5.39. The first kappa shape index (κ1) is 14.8. The van der Waals surface area contributed by atoms with Crippen LogP contribution in [0, 0.1) is 13.8 Å². The van der Waals surface area contributed by atoms with Crippen molar-refractivity contribution in [2.24, 2.45) is 0 Å². The predicted molar refractivity (Wildman–Crippen MR) is 87.0 cm³/mol. The number of carbonyl (C=O) groups excluding carboxylic acids is 1. The van der Waals surface area contributed by atoms with Crippen molar-refractivity contribution < 1.29 is 19.1 Å². The van der Waals surface area contributed by atoms with E-state index in [1.54, 1.807) is 12.1 Å². The molecule has 0 radical (unpaired) electrons. The third kappa shape index (κ3) is 2.81. The molecule has 0 unspecified atom stereocenters. The minimum Gasteiger partial charge on any atom is -0.478 e. The van der Waals surface area contributed by atoms with Crippen molar-refractivity contribution in [1.82, 2.24) is 0 Å². The summed E-state index contributed by atoms with van der Waals surface area (Å²) >= 11 is 0. The van der Waals surface area contributed by atoms with Gasteiger partial charge in [-0.05, 0) is 50.2 Å². The molecule has 0 spiro atoms. The molecule has 23 heavy (non-hydrogen) atoms. The standard InChI is InChI=1S/C18H15NO4/c1-10-3-8-15-14(9-10)11(2)16(23-15)17(20)19-13-6-4-12(5-7-13)18(21)22/h3-9H,1-2H3,(H,19,20)(H,21,22). The third-order valence-corrected chi connectivity index (χ3v) is 3.69. The van der Waals surface area contributed by atoms with Gasteiger partial charge in [-0.1, -0.05) is 11.6 Å². The number of fused-ring (bicyclic) bond motifs is 1. The summed E-state index contributed by atoms with van der Waals surface area (Å²) in [6.07, 6.45) is 0. The Labute approximate surface area is 132 Å². The van der Waals surface area contributed by atoms with Gasteiger partial charge in [0.1, 0.15) is 5.58 Å². The minimum atomic E-state index is -1.01. The number of nitrogens with one attached hydrogen (secondary N) is 1. The average molecular weight is 309 g/mol. The van der Waals surface area contributed by atoms with Crippen molar-refractivity contribution in [3.63, 3.8) is 0 Å². The van der Waals surface area contributed by atoms with Crippen molar-refractivity contribution >= 4 is 28.5 Å². The van der Waals surface area contributed by atoms with Crippen LogP contribution in [0.4, 0.5) is 5.69 Å². The van der Waals surface area contributed by atoms with Gasteiger partial charge in [-0.3, -0.25) is 4.79 Å². The number of furan rings is 1. The Hall–Kier alpha value is -3.08. The number of carboxylic acids is 1. The molecule has 1 heterocycles. The number of carbonyl (C=O) groups is 2. The lowest BCUT2D eigenvalue weighted by molar-refractivity contribution is 0.0696. The summed E-state index contributed by atoms with van der Waals surface area (Å²) in [5.41, 5.74) is 3.22. The van der Waals surface area contributed by atoms with Gasteiger partial charge in [0.25, 0.3) is 5.91 Å². The summed E-state index contributed by atoms with van der Waals surface area (Å²) in [5.74, 6) is -1.11. The van der Waals surface area contributed by atoms with Crippen LogP contribution in [0.25, 0.3) is 11.0 Å². The molecule has 0 aliphatic rings. The van der Waals surface area contributed by atoms with Crippen LogP contribution in [0.3, 0.4) is 0 Å². The van der Waals surface area contributed by atoms with E-state index in [1.165, 1.54) is 12.1 Å². The van der Waals surface area contributed by atoms with Gasteiger partial charge in [0, 0.05) is 16.6 Å². The molecule has 1 amide bonds. The first-order valence-electron chi connectivity index (χ1n) is 7.10. The lowest BCUT2D eigenvalue weighted by Crippen LogP contribution is -2.12. The number of hydrogen-bond donors (Lipinski definition) is 2. The lowest BCUT2D eigenvalue weighted by atomic mass is 10.1. The van der Waals surface area contributed by atoms with Crippen molar-refractivity contribution in [3.05, 3.63) is 64.9 Å². The fourth-order valence-electron chi connectivity index (χ4n) is 2.44. The van der Waals surface area contributed by atoms with E-state index in [1.807, 2.05) is 32.0 Å². The molecule has 3 aromatic rings. The molecule has 3 rings (SSSR count). The zero-order valence-corrected chi connectivity index (χ0v) is 12.7. The highest BCUT2D eigenvalue weighted by Crippen LogP contribution is 2.26. The van der Waals surface area contributed by atoms with Crippen LogP contribution in [-0.2, 0) is 0 Å². The van der Waals surface area contributed by atoms with E-state index in [0.717, 1.165) is 16.5 Å². The maximum atomic E-state index is 12.4. The Morgan fingerprint density at radius 1 is 1.04 bits per heavy atom. The summed E-state index contributed by atoms with van der Waals surface area (Å²) < 4.78 is 5.64. The summed E-state index contributed by atoms with van der Waals surface area (Å²) in [6.45, 7) is 3.82. The smallest absolute Gasteiger partial charge is 0.335 e. The molecular formula is C18H15NO4. The molecule has 0 saturated carbocycles. The molecule has 5 nitrogen and oxygen atoms in total. The van der Waals surface area contributed by atoms with E-state index < -0.39 is 5.97 Å². The van der Waals surface area contributed by atoms with Crippen LogP contribution in [0.15, 0.2) is 46.9 Å². The molecule has 2 aromatic carbocycles. The van der Waals surface area contributed by atoms with Gasteiger partial charge in [0.15, 0.2) is 5.76 Å². The molecule has 0 fully saturated rings. The number of amides is 1. The van der Waals surface area contributed by atoms with Crippen molar-refractivity contribution in [1.29, 1.82) is 0 Å². The molecule has 5 heteroatoms. The van der Waals surface area contributed by atoms with Crippen molar-refractivity contribution in [2.75, 3.05) is 5.32 Å².